The van der Waals surface area contributed by atoms with Crippen molar-refractivity contribution in [1.82, 2.24) is 5.32 Å². The van der Waals surface area contributed by atoms with E-state index in [2.05, 4.69) is 17.2 Å². The number of aliphatic hydroxyl groups is 1. The van der Waals surface area contributed by atoms with Gasteiger partial charge in [0.15, 0.2) is 0 Å². The van der Waals surface area contributed by atoms with Gasteiger partial charge in [-0.1, -0.05) is 25.7 Å². The Bertz CT molecular complexity index is 426. The predicted molar refractivity (Wildman–Crippen MR) is 69.6 cm³/mol. The van der Waals surface area contributed by atoms with E-state index < -0.39 is 0 Å². The minimum absolute atomic E-state index is 0.0643. The van der Waals surface area contributed by atoms with Crippen LogP contribution in [0.4, 0.5) is 0 Å². The third-order valence-electron chi connectivity index (χ3n) is 2.09. The highest BCUT2D eigenvalue weighted by Crippen LogP contribution is 2.15. The van der Waals surface area contributed by atoms with Gasteiger partial charge < -0.3 is 10.4 Å². The molecule has 0 radical (unpaired) electrons. The molecule has 4 heteroatoms. The molecule has 1 aromatic heterocycles. The van der Waals surface area contributed by atoms with E-state index in [9.17, 15) is 4.79 Å². The van der Waals surface area contributed by atoms with Gasteiger partial charge in [-0.3, -0.25) is 4.79 Å². The van der Waals surface area contributed by atoms with Gasteiger partial charge in [0.25, 0.3) is 0 Å². The molecule has 0 fully saturated rings. The smallest absolute Gasteiger partial charge is 0.220 e. The van der Waals surface area contributed by atoms with E-state index in [1.54, 1.807) is 11.3 Å². The molecule has 0 spiro atoms. The first-order valence-electron chi connectivity index (χ1n) is 5.56. The van der Waals surface area contributed by atoms with E-state index in [1.165, 1.54) is 0 Å². The molecule has 0 aliphatic heterocycles. The molecule has 0 unspecified atom stereocenters. The van der Waals surface area contributed by atoms with Crippen LogP contribution in [-0.2, 0) is 11.3 Å². The van der Waals surface area contributed by atoms with Gasteiger partial charge in [-0.25, -0.2) is 0 Å². The fraction of sp³-hybridized carbons (Fsp3) is 0.462. The van der Waals surface area contributed by atoms with Gasteiger partial charge >= 0.3 is 0 Å². The first-order valence-corrected chi connectivity index (χ1v) is 6.44. The van der Waals surface area contributed by atoms with Crippen LogP contribution in [0.3, 0.4) is 0 Å². The zero-order valence-corrected chi connectivity index (χ0v) is 10.9. The molecule has 0 saturated heterocycles. The summed E-state index contributed by atoms with van der Waals surface area (Å²) in [5.74, 6) is 5.91. The summed E-state index contributed by atoms with van der Waals surface area (Å²) in [5, 5.41) is 13.4. The Labute approximate surface area is 106 Å². The van der Waals surface area contributed by atoms with Gasteiger partial charge in [0.2, 0.25) is 5.91 Å². The van der Waals surface area contributed by atoms with Crippen molar-refractivity contribution in [3.63, 3.8) is 0 Å². The topological polar surface area (TPSA) is 49.3 Å². The Morgan fingerprint density at radius 1 is 1.59 bits per heavy atom. The molecule has 17 heavy (non-hydrogen) atoms. The molecule has 1 heterocycles. The van der Waals surface area contributed by atoms with Crippen molar-refractivity contribution >= 4 is 17.2 Å². The van der Waals surface area contributed by atoms with Crippen LogP contribution >= 0.6 is 11.3 Å². The lowest BCUT2D eigenvalue weighted by Gasteiger charge is -2.06. The fourth-order valence-electron chi connectivity index (χ4n) is 1.35. The molecule has 1 rings (SSSR count). The molecule has 1 amide bonds. The van der Waals surface area contributed by atoms with Gasteiger partial charge in [-0.2, -0.15) is 0 Å². The van der Waals surface area contributed by atoms with Crippen LogP contribution in [-0.4, -0.2) is 17.6 Å². The molecule has 0 aliphatic rings. The van der Waals surface area contributed by atoms with E-state index in [0.717, 1.165) is 10.4 Å². The molecule has 0 aliphatic carbocycles. The van der Waals surface area contributed by atoms with Crippen LogP contribution in [0.2, 0.25) is 0 Å². The highest BCUT2D eigenvalue weighted by Gasteiger charge is 2.06. The summed E-state index contributed by atoms with van der Waals surface area (Å²) in [6.45, 7) is 4.40. The SMILES string of the molecule is CC(C)CC(=O)NCc1sccc1C#CCO. The van der Waals surface area contributed by atoms with Crippen LogP contribution in [0.15, 0.2) is 11.4 Å². The molecular formula is C13H17NO2S. The van der Waals surface area contributed by atoms with Crippen molar-refractivity contribution in [2.24, 2.45) is 5.92 Å². The van der Waals surface area contributed by atoms with E-state index in [-0.39, 0.29) is 12.5 Å². The molecule has 0 bridgehead atoms. The molecule has 1 aromatic rings. The first kappa shape index (κ1) is 13.8. The predicted octanol–water partition coefficient (Wildman–Crippen LogP) is 1.75. The van der Waals surface area contributed by atoms with Crippen molar-refractivity contribution < 1.29 is 9.90 Å². The average molecular weight is 251 g/mol. The fourth-order valence-corrected chi connectivity index (χ4v) is 2.12. The van der Waals surface area contributed by atoms with Gasteiger partial charge in [-0.05, 0) is 17.4 Å². The molecule has 0 aromatic carbocycles. The van der Waals surface area contributed by atoms with Crippen LogP contribution in [0.25, 0.3) is 0 Å². The van der Waals surface area contributed by atoms with Gasteiger partial charge in [0.05, 0.1) is 6.54 Å². The number of amides is 1. The zero-order valence-electron chi connectivity index (χ0n) is 10.1. The Balaban J connectivity index is 2.52. The summed E-state index contributed by atoms with van der Waals surface area (Å²) >= 11 is 1.56. The molecule has 92 valence electrons. The van der Waals surface area contributed by atoms with Crippen molar-refractivity contribution in [3.8, 4) is 11.8 Å². The highest BCUT2D eigenvalue weighted by atomic mass is 32.1. The Hall–Kier alpha value is -1.31. The van der Waals surface area contributed by atoms with E-state index in [0.29, 0.717) is 18.9 Å². The monoisotopic (exact) mass is 251 g/mol. The van der Waals surface area contributed by atoms with Gasteiger partial charge in [-0.15, -0.1) is 11.3 Å². The lowest BCUT2D eigenvalue weighted by atomic mass is 10.1. The summed E-state index contributed by atoms with van der Waals surface area (Å²) in [6.07, 6.45) is 0.545. The molecule has 2 N–H and O–H groups in total. The van der Waals surface area contributed by atoms with Gasteiger partial charge in [0, 0.05) is 16.9 Å². The largest absolute Gasteiger partial charge is 0.384 e. The molecule has 0 saturated carbocycles. The van der Waals surface area contributed by atoms with Crippen LogP contribution in [0.1, 0.15) is 30.7 Å². The number of hydrogen-bond acceptors (Lipinski definition) is 3. The number of aliphatic hydroxyl groups excluding tert-OH is 1. The van der Waals surface area contributed by atoms with E-state index >= 15 is 0 Å². The summed E-state index contributed by atoms with van der Waals surface area (Å²) in [5.41, 5.74) is 0.883. The third-order valence-corrected chi connectivity index (χ3v) is 3.01. The van der Waals surface area contributed by atoms with Crippen molar-refractivity contribution in [2.45, 2.75) is 26.8 Å². The standard InChI is InChI=1S/C13H17NO2S/c1-10(2)8-13(16)14-9-12-11(4-3-6-15)5-7-17-12/h5,7,10,15H,6,8-9H2,1-2H3,(H,14,16). The number of thiophene rings is 1. The summed E-state index contributed by atoms with van der Waals surface area (Å²) < 4.78 is 0. The van der Waals surface area contributed by atoms with Crippen molar-refractivity contribution in [2.75, 3.05) is 6.61 Å². The summed E-state index contributed by atoms with van der Waals surface area (Å²) in [4.78, 5) is 12.5. The number of carbonyl (C=O) groups excluding carboxylic acids is 1. The molecular weight excluding hydrogens is 234 g/mol. The van der Waals surface area contributed by atoms with Crippen molar-refractivity contribution in [3.05, 3.63) is 21.9 Å². The first-order chi connectivity index (χ1) is 8.13. The number of rotatable bonds is 4. The molecule has 3 nitrogen and oxygen atoms in total. The summed E-state index contributed by atoms with van der Waals surface area (Å²) in [6, 6.07) is 1.90. The number of nitrogens with one attached hydrogen (secondary N) is 1. The maximum Gasteiger partial charge on any atom is 0.220 e. The normalized spacial score (nSPS) is 9.88. The number of carbonyl (C=O) groups is 1. The Morgan fingerprint density at radius 2 is 2.35 bits per heavy atom. The minimum atomic E-state index is -0.144. The quantitative estimate of drug-likeness (QED) is 0.801. The second-order valence-corrected chi connectivity index (χ2v) is 5.09. The maximum atomic E-state index is 11.5. The van der Waals surface area contributed by atoms with Crippen LogP contribution in [0.5, 0.6) is 0 Å². The van der Waals surface area contributed by atoms with Crippen molar-refractivity contribution in [1.29, 1.82) is 0 Å². The summed E-state index contributed by atoms with van der Waals surface area (Å²) in [7, 11) is 0. The Kier molecular flexibility index (Phi) is 5.75. The highest BCUT2D eigenvalue weighted by molar-refractivity contribution is 7.10. The maximum absolute atomic E-state index is 11.5. The second kappa shape index (κ2) is 7.10. The molecule has 0 atom stereocenters. The van der Waals surface area contributed by atoms with Crippen LogP contribution < -0.4 is 5.32 Å². The van der Waals surface area contributed by atoms with Gasteiger partial charge in [0.1, 0.15) is 6.61 Å². The minimum Gasteiger partial charge on any atom is -0.384 e. The lowest BCUT2D eigenvalue weighted by Crippen LogP contribution is -2.23. The van der Waals surface area contributed by atoms with E-state index in [4.69, 9.17) is 5.11 Å². The average Bonchev–Trinajstić information content (AvgIpc) is 2.70. The van der Waals surface area contributed by atoms with Crippen LogP contribution in [0, 0.1) is 17.8 Å². The second-order valence-electron chi connectivity index (χ2n) is 4.09. The number of hydrogen-bond donors (Lipinski definition) is 2. The third kappa shape index (κ3) is 5.03. The lowest BCUT2D eigenvalue weighted by molar-refractivity contribution is -0.121. The Morgan fingerprint density at radius 3 is 3.00 bits per heavy atom. The zero-order chi connectivity index (χ0) is 12.7. The van der Waals surface area contributed by atoms with E-state index in [1.807, 2.05) is 25.3 Å².